The smallest absolute Gasteiger partial charge is 0.425 e. The van der Waals surface area contributed by atoms with Gasteiger partial charge in [0.15, 0.2) is 0 Å². The van der Waals surface area contributed by atoms with E-state index in [4.69, 9.17) is 0 Å². The minimum Gasteiger partial charge on any atom is -0.425 e. The molecular formula is C11H11F2N3O3. The first kappa shape index (κ1) is 13.2. The monoisotopic (exact) mass is 271 g/mol. The molecule has 0 radical (unpaired) electrons. The first-order valence-corrected chi connectivity index (χ1v) is 5.43. The quantitative estimate of drug-likeness (QED) is 0.425. The van der Waals surface area contributed by atoms with Gasteiger partial charge >= 0.3 is 12.0 Å². The molecule has 1 aromatic carbocycles. The summed E-state index contributed by atoms with van der Waals surface area (Å²) >= 11 is 0. The summed E-state index contributed by atoms with van der Waals surface area (Å²) < 4.78 is 30.7. The van der Waals surface area contributed by atoms with Crippen molar-refractivity contribution in [2.24, 2.45) is 5.84 Å². The average molecular weight is 271 g/mol. The molecule has 8 heteroatoms. The Morgan fingerprint density at radius 1 is 1.42 bits per heavy atom. The topological polar surface area (TPSA) is 93.4 Å². The highest BCUT2D eigenvalue weighted by Crippen LogP contribution is 2.29. The first-order valence-electron chi connectivity index (χ1n) is 5.43. The second-order valence-corrected chi connectivity index (χ2v) is 3.96. The molecule has 1 aliphatic rings. The maximum absolute atomic E-state index is 13.2. The van der Waals surface area contributed by atoms with Crippen LogP contribution in [-0.4, -0.2) is 17.9 Å². The van der Waals surface area contributed by atoms with E-state index in [0.29, 0.717) is 18.5 Å². The molecule has 102 valence electrons. The van der Waals surface area contributed by atoms with Crippen molar-refractivity contribution in [3.63, 3.8) is 0 Å². The minimum absolute atomic E-state index is 0.198. The SMILES string of the molecule is NNC(=O)C(F)(F)Oc1ccc2c(c1)NC(=O)CC2. The predicted molar refractivity (Wildman–Crippen MR) is 61.3 cm³/mol. The molecule has 0 unspecified atom stereocenters. The second kappa shape index (κ2) is 4.81. The Labute approximate surface area is 106 Å². The number of anilines is 1. The van der Waals surface area contributed by atoms with Gasteiger partial charge in [0.1, 0.15) is 5.75 Å². The Bertz CT molecular complexity index is 534. The van der Waals surface area contributed by atoms with Gasteiger partial charge in [0.25, 0.3) is 0 Å². The summed E-state index contributed by atoms with van der Waals surface area (Å²) in [5, 5.41) is 2.54. The van der Waals surface area contributed by atoms with Gasteiger partial charge in [-0.1, -0.05) is 6.07 Å². The minimum atomic E-state index is -4.08. The van der Waals surface area contributed by atoms with Crippen LogP contribution in [-0.2, 0) is 16.0 Å². The highest BCUT2D eigenvalue weighted by Gasteiger charge is 2.42. The molecule has 1 heterocycles. The predicted octanol–water partition coefficient (Wildman–Crippen LogP) is 0.533. The van der Waals surface area contributed by atoms with E-state index in [1.807, 2.05) is 0 Å². The van der Waals surface area contributed by atoms with E-state index in [1.165, 1.54) is 17.6 Å². The number of carbonyl (C=O) groups excluding carboxylic acids is 2. The fraction of sp³-hybridized carbons (Fsp3) is 0.273. The molecule has 2 amide bonds. The van der Waals surface area contributed by atoms with Crippen LogP contribution in [0.5, 0.6) is 5.75 Å². The lowest BCUT2D eigenvalue weighted by atomic mass is 10.0. The molecule has 0 bridgehead atoms. The zero-order chi connectivity index (χ0) is 14.0. The average Bonchev–Trinajstić information content (AvgIpc) is 2.36. The number of alkyl halides is 2. The third-order valence-electron chi connectivity index (χ3n) is 2.62. The van der Waals surface area contributed by atoms with E-state index in [2.05, 4.69) is 15.9 Å². The van der Waals surface area contributed by atoms with Gasteiger partial charge in [0.05, 0.1) is 0 Å². The standard InChI is InChI=1S/C11H11F2N3O3/c12-11(13,10(18)16-14)19-7-3-1-6-2-4-9(17)15-8(6)5-7/h1,3,5H,2,4,14H2,(H,15,17)(H,16,18). The third kappa shape index (κ3) is 2.79. The molecule has 4 N–H and O–H groups in total. The molecule has 0 aromatic heterocycles. The number of nitrogens with one attached hydrogen (secondary N) is 2. The van der Waals surface area contributed by atoms with E-state index >= 15 is 0 Å². The van der Waals surface area contributed by atoms with Crippen LogP contribution in [0.1, 0.15) is 12.0 Å². The maximum Gasteiger partial charge on any atom is 0.483 e. The maximum atomic E-state index is 13.2. The molecular weight excluding hydrogens is 260 g/mol. The van der Waals surface area contributed by atoms with E-state index in [-0.39, 0.29) is 11.7 Å². The number of ether oxygens (including phenoxy) is 1. The number of benzene rings is 1. The largest absolute Gasteiger partial charge is 0.483 e. The van der Waals surface area contributed by atoms with Crippen LogP contribution in [0.25, 0.3) is 0 Å². The van der Waals surface area contributed by atoms with E-state index in [9.17, 15) is 18.4 Å². The van der Waals surface area contributed by atoms with Gasteiger partial charge in [-0.15, -0.1) is 0 Å². The van der Waals surface area contributed by atoms with Gasteiger partial charge in [-0.3, -0.25) is 15.0 Å². The van der Waals surface area contributed by atoms with Crippen LogP contribution in [0.2, 0.25) is 0 Å². The Kier molecular flexibility index (Phi) is 3.34. The molecule has 0 spiro atoms. The lowest BCUT2D eigenvalue weighted by Gasteiger charge is -2.20. The van der Waals surface area contributed by atoms with Crippen molar-refractivity contribution in [1.82, 2.24) is 5.43 Å². The Hall–Kier alpha value is -2.22. The van der Waals surface area contributed by atoms with Gasteiger partial charge in [-0.05, 0) is 18.1 Å². The summed E-state index contributed by atoms with van der Waals surface area (Å²) in [6.45, 7) is 0. The molecule has 19 heavy (non-hydrogen) atoms. The fourth-order valence-electron chi connectivity index (χ4n) is 1.69. The summed E-state index contributed by atoms with van der Waals surface area (Å²) in [4.78, 5) is 22.0. The molecule has 2 rings (SSSR count). The molecule has 1 aliphatic heterocycles. The Balaban J connectivity index is 2.21. The van der Waals surface area contributed by atoms with Crippen LogP contribution >= 0.6 is 0 Å². The van der Waals surface area contributed by atoms with Crippen molar-refractivity contribution >= 4 is 17.5 Å². The molecule has 1 aromatic rings. The number of aryl methyl sites for hydroxylation is 1. The summed E-state index contributed by atoms with van der Waals surface area (Å²) in [5.41, 5.74) is 2.53. The van der Waals surface area contributed by atoms with Crippen LogP contribution in [0, 0.1) is 0 Å². The number of hydrogen-bond acceptors (Lipinski definition) is 4. The molecule has 0 saturated heterocycles. The van der Waals surface area contributed by atoms with Crippen molar-refractivity contribution < 1.29 is 23.1 Å². The van der Waals surface area contributed by atoms with Crippen molar-refractivity contribution in [3.8, 4) is 5.75 Å². The van der Waals surface area contributed by atoms with E-state index in [0.717, 1.165) is 5.56 Å². The van der Waals surface area contributed by atoms with Crippen LogP contribution in [0.4, 0.5) is 14.5 Å². The van der Waals surface area contributed by atoms with Crippen molar-refractivity contribution in [2.45, 2.75) is 19.0 Å². The highest BCUT2D eigenvalue weighted by molar-refractivity contribution is 5.94. The molecule has 0 fully saturated rings. The van der Waals surface area contributed by atoms with E-state index in [1.54, 1.807) is 6.07 Å². The molecule has 6 nitrogen and oxygen atoms in total. The first-order chi connectivity index (χ1) is 8.92. The number of halogens is 2. The third-order valence-corrected chi connectivity index (χ3v) is 2.62. The van der Waals surface area contributed by atoms with Crippen molar-refractivity contribution in [1.29, 1.82) is 0 Å². The van der Waals surface area contributed by atoms with Crippen molar-refractivity contribution in [3.05, 3.63) is 23.8 Å². The number of hydrazine groups is 1. The number of nitrogens with two attached hydrogens (primary N) is 1. The van der Waals surface area contributed by atoms with Gasteiger partial charge < -0.3 is 10.1 Å². The number of amides is 2. The summed E-state index contributed by atoms with van der Waals surface area (Å²) in [6, 6.07) is 4.10. The molecule has 0 saturated carbocycles. The van der Waals surface area contributed by atoms with Crippen molar-refractivity contribution in [2.75, 3.05) is 5.32 Å². The van der Waals surface area contributed by atoms with Crippen LogP contribution in [0.3, 0.4) is 0 Å². The Morgan fingerprint density at radius 2 is 2.16 bits per heavy atom. The summed E-state index contributed by atoms with van der Waals surface area (Å²) in [5.74, 6) is 2.43. The van der Waals surface area contributed by atoms with E-state index < -0.39 is 12.0 Å². The van der Waals surface area contributed by atoms with Gasteiger partial charge in [0, 0.05) is 18.2 Å². The fourth-order valence-corrected chi connectivity index (χ4v) is 1.69. The zero-order valence-electron chi connectivity index (χ0n) is 9.70. The summed E-state index contributed by atoms with van der Waals surface area (Å²) in [7, 11) is 0. The second-order valence-electron chi connectivity index (χ2n) is 3.96. The Morgan fingerprint density at radius 3 is 2.84 bits per heavy atom. The van der Waals surface area contributed by atoms with Crippen LogP contribution in [0.15, 0.2) is 18.2 Å². The van der Waals surface area contributed by atoms with Gasteiger partial charge in [-0.25, -0.2) is 5.84 Å². The normalized spacial score (nSPS) is 14.4. The molecule has 0 atom stereocenters. The molecule has 0 aliphatic carbocycles. The summed E-state index contributed by atoms with van der Waals surface area (Å²) in [6.07, 6.45) is -3.21. The lowest BCUT2D eigenvalue weighted by molar-refractivity contribution is -0.192. The lowest BCUT2D eigenvalue weighted by Crippen LogP contribution is -2.47. The number of carbonyl (C=O) groups is 2. The van der Waals surface area contributed by atoms with Gasteiger partial charge in [-0.2, -0.15) is 8.78 Å². The number of rotatable bonds is 3. The van der Waals surface area contributed by atoms with Crippen LogP contribution < -0.4 is 21.3 Å². The zero-order valence-corrected chi connectivity index (χ0v) is 9.70. The van der Waals surface area contributed by atoms with Gasteiger partial charge in [0.2, 0.25) is 5.91 Å². The number of fused-ring (bicyclic) bond motifs is 1. The highest BCUT2D eigenvalue weighted by atomic mass is 19.3. The number of hydrogen-bond donors (Lipinski definition) is 3.